The predicted molar refractivity (Wildman–Crippen MR) is 109 cm³/mol. The fourth-order valence-electron chi connectivity index (χ4n) is 2.68. The van der Waals surface area contributed by atoms with Gasteiger partial charge in [-0.3, -0.25) is 4.79 Å². The maximum Gasteiger partial charge on any atom is 0.243 e. The Labute approximate surface area is 169 Å². The average Bonchev–Trinajstić information content (AvgIpc) is 3.42. The van der Waals surface area contributed by atoms with Crippen molar-refractivity contribution in [2.24, 2.45) is 0 Å². The van der Waals surface area contributed by atoms with Crippen LogP contribution in [0.25, 0.3) is 0 Å². The van der Waals surface area contributed by atoms with E-state index in [1.54, 1.807) is 19.2 Å². The number of amides is 1. The topological polar surface area (TPSA) is 97.2 Å². The molecule has 1 aromatic carbocycles. The number of anilines is 1. The van der Waals surface area contributed by atoms with Crippen molar-refractivity contribution in [3.63, 3.8) is 0 Å². The van der Waals surface area contributed by atoms with Crippen molar-refractivity contribution in [1.29, 1.82) is 0 Å². The summed E-state index contributed by atoms with van der Waals surface area (Å²) in [5.41, 5.74) is 0.552. The number of carbonyl (C=O) groups excluding carboxylic acids is 1. The van der Waals surface area contributed by atoms with Crippen molar-refractivity contribution in [3.8, 4) is 0 Å². The first-order valence-electron chi connectivity index (χ1n) is 9.12. The van der Waals surface area contributed by atoms with E-state index >= 15 is 0 Å². The molecule has 0 unspecified atom stereocenters. The van der Waals surface area contributed by atoms with Crippen LogP contribution in [0.2, 0.25) is 0 Å². The van der Waals surface area contributed by atoms with E-state index in [0.29, 0.717) is 11.7 Å². The summed E-state index contributed by atoms with van der Waals surface area (Å²) < 4.78 is 28.4. The minimum atomic E-state index is -3.54. The minimum absolute atomic E-state index is 0.136. The Morgan fingerprint density at radius 1 is 1.29 bits per heavy atom. The van der Waals surface area contributed by atoms with E-state index in [9.17, 15) is 13.2 Å². The number of nitrogens with zero attached hydrogens (tertiary/aromatic N) is 4. The minimum Gasteiger partial charge on any atom is -0.325 e. The summed E-state index contributed by atoms with van der Waals surface area (Å²) >= 11 is 1.35. The van der Waals surface area contributed by atoms with Gasteiger partial charge in [-0.1, -0.05) is 11.8 Å². The van der Waals surface area contributed by atoms with Gasteiger partial charge in [0.05, 0.1) is 10.6 Å². The van der Waals surface area contributed by atoms with Crippen LogP contribution in [0.5, 0.6) is 0 Å². The zero-order valence-electron chi connectivity index (χ0n) is 16.4. The number of carbonyl (C=O) groups is 1. The Balaban J connectivity index is 1.59. The number of benzene rings is 1. The Kier molecular flexibility index (Phi) is 6.11. The summed E-state index contributed by atoms with van der Waals surface area (Å²) in [5.74, 6) is 0.900. The van der Waals surface area contributed by atoms with Gasteiger partial charge in [0, 0.05) is 24.8 Å². The molecule has 152 valence electrons. The molecule has 3 rings (SSSR count). The molecule has 1 heterocycles. The molecule has 2 aromatic rings. The first kappa shape index (κ1) is 20.8. The van der Waals surface area contributed by atoms with Crippen molar-refractivity contribution in [3.05, 3.63) is 30.1 Å². The number of hydrogen-bond donors (Lipinski definition) is 1. The first-order chi connectivity index (χ1) is 13.2. The van der Waals surface area contributed by atoms with Crippen molar-refractivity contribution in [2.75, 3.05) is 18.1 Å². The molecule has 10 heteroatoms. The van der Waals surface area contributed by atoms with Gasteiger partial charge in [-0.25, -0.2) is 8.42 Å². The molecule has 1 aliphatic rings. The lowest BCUT2D eigenvalue weighted by Crippen LogP contribution is -2.33. The summed E-state index contributed by atoms with van der Waals surface area (Å²) in [6.45, 7) is 5.55. The van der Waals surface area contributed by atoms with E-state index in [1.807, 2.05) is 20.8 Å². The average molecular weight is 424 g/mol. The van der Waals surface area contributed by atoms with Crippen molar-refractivity contribution in [2.45, 2.75) is 55.7 Å². The first-order valence-corrected chi connectivity index (χ1v) is 11.5. The highest BCUT2D eigenvalue weighted by Gasteiger charge is 2.28. The monoisotopic (exact) mass is 423 g/mol. The molecular weight excluding hydrogens is 398 g/mol. The number of hydrogen-bond acceptors (Lipinski definition) is 6. The second-order valence-electron chi connectivity index (χ2n) is 7.11. The van der Waals surface area contributed by atoms with Gasteiger partial charge in [-0.2, -0.15) is 4.31 Å². The number of nitrogens with one attached hydrogen (secondary N) is 1. The van der Waals surface area contributed by atoms with Gasteiger partial charge in [0.15, 0.2) is 5.16 Å². The van der Waals surface area contributed by atoms with E-state index in [4.69, 9.17) is 0 Å². The molecule has 1 N–H and O–H groups in total. The molecule has 8 nitrogen and oxygen atoms in total. The largest absolute Gasteiger partial charge is 0.325 e. The summed E-state index contributed by atoms with van der Waals surface area (Å²) in [4.78, 5) is 12.5. The third-order valence-electron chi connectivity index (χ3n) is 4.62. The third-order valence-corrected chi connectivity index (χ3v) is 7.61. The molecule has 1 aromatic heterocycles. The van der Waals surface area contributed by atoms with Crippen LogP contribution in [-0.4, -0.2) is 52.2 Å². The lowest BCUT2D eigenvalue weighted by Gasteiger charge is -2.21. The van der Waals surface area contributed by atoms with Gasteiger partial charge < -0.3 is 9.88 Å². The number of sulfonamides is 1. The van der Waals surface area contributed by atoms with Crippen molar-refractivity contribution < 1.29 is 13.2 Å². The van der Waals surface area contributed by atoms with Crippen LogP contribution in [0.4, 0.5) is 5.69 Å². The molecule has 1 saturated carbocycles. The van der Waals surface area contributed by atoms with Crippen LogP contribution < -0.4 is 5.32 Å². The van der Waals surface area contributed by atoms with Gasteiger partial charge in [-0.05, 0) is 57.9 Å². The standard InChI is InChI=1S/C18H25N5O3S2/c1-12(2)22(4)28(25,26)16-9-5-14(6-10-16)19-17(24)11-27-18-21-20-13(3)23(18)15-7-8-15/h5-6,9-10,12,15H,7-8,11H2,1-4H3,(H,19,24). The number of thioether (sulfide) groups is 1. The highest BCUT2D eigenvalue weighted by atomic mass is 32.2. The molecule has 0 saturated heterocycles. The van der Waals surface area contributed by atoms with Crippen LogP contribution in [0, 0.1) is 6.92 Å². The van der Waals surface area contributed by atoms with Gasteiger partial charge in [0.1, 0.15) is 5.82 Å². The van der Waals surface area contributed by atoms with Gasteiger partial charge in [0.25, 0.3) is 0 Å². The van der Waals surface area contributed by atoms with Gasteiger partial charge in [-0.15, -0.1) is 10.2 Å². The molecule has 0 bridgehead atoms. The van der Waals surface area contributed by atoms with E-state index in [2.05, 4.69) is 20.1 Å². The molecule has 0 atom stereocenters. The summed E-state index contributed by atoms with van der Waals surface area (Å²) in [7, 11) is -1.99. The molecule has 0 radical (unpaired) electrons. The number of rotatable bonds is 8. The van der Waals surface area contributed by atoms with E-state index in [0.717, 1.165) is 23.8 Å². The molecule has 0 aliphatic heterocycles. The fourth-order valence-corrected chi connectivity index (χ4v) is 4.90. The third kappa shape index (κ3) is 4.56. The second-order valence-corrected chi connectivity index (χ2v) is 10.0. The lowest BCUT2D eigenvalue weighted by molar-refractivity contribution is -0.113. The maximum absolute atomic E-state index is 12.5. The summed E-state index contributed by atoms with van der Waals surface area (Å²) in [6.07, 6.45) is 2.25. The van der Waals surface area contributed by atoms with Crippen molar-refractivity contribution in [1.82, 2.24) is 19.1 Å². The Morgan fingerprint density at radius 3 is 2.50 bits per heavy atom. The molecule has 1 fully saturated rings. The molecular formula is C18H25N5O3S2. The Hall–Kier alpha value is -1.91. The highest BCUT2D eigenvalue weighted by molar-refractivity contribution is 7.99. The fraction of sp³-hybridized carbons (Fsp3) is 0.500. The normalized spacial score (nSPS) is 14.6. The molecule has 1 aliphatic carbocycles. The zero-order chi connectivity index (χ0) is 20.5. The predicted octanol–water partition coefficient (Wildman–Crippen LogP) is 2.68. The second kappa shape index (κ2) is 8.22. The summed E-state index contributed by atoms with van der Waals surface area (Å²) in [6, 6.07) is 6.52. The van der Waals surface area contributed by atoms with Gasteiger partial charge >= 0.3 is 0 Å². The van der Waals surface area contributed by atoms with Crippen LogP contribution in [0.1, 0.15) is 38.6 Å². The highest BCUT2D eigenvalue weighted by Crippen LogP contribution is 2.38. The van der Waals surface area contributed by atoms with Crippen LogP contribution >= 0.6 is 11.8 Å². The lowest BCUT2D eigenvalue weighted by atomic mass is 10.3. The number of aryl methyl sites for hydroxylation is 1. The van der Waals surface area contributed by atoms with Crippen molar-refractivity contribution >= 4 is 33.4 Å². The van der Waals surface area contributed by atoms with E-state index < -0.39 is 10.0 Å². The van der Waals surface area contributed by atoms with E-state index in [-0.39, 0.29) is 22.6 Å². The van der Waals surface area contributed by atoms with E-state index in [1.165, 1.54) is 28.2 Å². The molecule has 1 amide bonds. The van der Waals surface area contributed by atoms with Crippen LogP contribution in [0.15, 0.2) is 34.3 Å². The van der Waals surface area contributed by atoms with Crippen LogP contribution in [-0.2, 0) is 14.8 Å². The Bertz CT molecular complexity index is 950. The van der Waals surface area contributed by atoms with Gasteiger partial charge in [0.2, 0.25) is 15.9 Å². The Morgan fingerprint density at radius 2 is 1.93 bits per heavy atom. The smallest absolute Gasteiger partial charge is 0.243 e. The molecule has 28 heavy (non-hydrogen) atoms. The SMILES string of the molecule is Cc1nnc(SCC(=O)Nc2ccc(S(=O)(=O)N(C)C(C)C)cc2)n1C1CC1. The zero-order valence-corrected chi connectivity index (χ0v) is 18.0. The summed E-state index contributed by atoms with van der Waals surface area (Å²) in [5, 5.41) is 11.8. The molecule has 0 spiro atoms. The number of aromatic nitrogens is 3. The quantitative estimate of drug-likeness (QED) is 0.656. The maximum atomic E-state index is 12.5. The van der Waals surface area contributed by atoms with Crippen LogP contribution in [0.3, 0.4) is 0 Å².